The molecule has 6 nitrogen and oxygen atoms in total. The average molecular weight is 666 g/mol. The molecule has 0 saturated heterocycles. The molecule has 4 rings (SSSR count). The molecule has 0 aliphatic heterocycles. The quantitative estimate of drug-likeness (QED) is 0.242. The van der Waals surface area contributed by atoms with E-state index in [-0.39, 0.29) is 55.1 Å². The molecule has 0 aliphatic rings. The van der Waals surface area contributed by atoms with Gasteiger partial charge in [-0.1, -0.05) is 77.9 Å². The van der Waals surface area contributed by atoms with Crippen LogP contribution in [0.15, 0.2) is 60.7 Å². The van der Waals surface area contributed by atoms with Crippen LogP contribution in [0.4, 0.5) is 0 Å². The minimum absolute atomic E-state index is 0. The second-order valence-corrected chi connectivity index (χ2v) is 10.7. The third-order valence-corrected chi connectivity index (χ3v) is 5.91. The number of aromatic hydroxyl groups is 1. The van der Waals surface area contributed by atoms with Gasteiger partial charge in [-0.25, -0.2) is 14.8 Å². The maximum Gasteiger partial charge on any atom is 0.354 e. The van der Waals surface area contributed by atoms with Gasteiger partial charge in [-0.15, -0.1) is 0 Å². The average Bonchev–Trinajstić information content (AvgIpc) is 2.77. The number of ether oxygens (including phenoxy) is 1. The van der Waals surface area contributed by atoms with Gasteiger partial charge in [0, 0.05) is 49.7 Å². The number of nitrogens with zero attached hydrogens (tertiary/aromatic N) is 2. The monoisotopic (exact) mass is 665 g/mol. The van der Waals surface area contributed by atoms with E-state index in [1.807, 2.05) is 30.3 Å². The Bertz CT molecular complexity index is 1440. The molecule has 0 radical (unpaired) electrons. The van der Waals surface area contributed by atoms with Crippen molar-refractivity contribution in [3.63, 3.8) is 0 Å². The minimum Gasteiger partial charge on any atom is -0.507 e. The topological polar surface area (TPSA) is 92.5 Å². The first-order valence-corrected chi connectivity index (χ1v) is 11.5. The number of carboxylic acid groups (broad SMARTS) is 1. The Balaban J connectivity index is 0.00000361. The smallest absolute Gasteiger partial charge is 0.354 e. The summed E-state index contributed by atoms with van der Waals surface area (Å²) in [4.78, 5) is 20.1. The van der Waals surface area contributed by atoms with Crippen LogP contribution in [-0.4, -0.2) is 26.2 Å². The van der Waals surface area contributed by atoms with Gasteiger partial charge in [0.15, 0.2) is 5.69 Å². The van der Waals surface area contributed by atoms with Crippen LogP contribution in [0.25, 0.3) is 22.0 Å². The molecule has 0 fully saturated rings. The normalized spacial score (nSPS) is 11.7. The zero-order valence-electron chi connectivity index (χ0n) is 21.2. The Morgan fingerprint density at radius 1 is 0.833 bits per heavy atom. The number of rotatable bonds is 4. The van der Waals surface area contributed by atoms with E-state index < -0.39 is 5.97 Å². The number of carboxylic acids is 1. The van der Waals surface area contributed by atoms with Crippen LogP contribution in [0.5, 0.6) is 17.5 Å². The predicted molar refractivity (Wildman–Crippen MR) is 138 cm³/mol. The standard InChI is InChI=1S/C29H30N2O4.Pt/c1-28(2,3)18-15-20(26(32)21(16-18)29(4,5)6)25-19-11-8-7-10-17(19)14-24(31-25)35-23-13-9-12-22(30-23)27(33)34;/h7-16,32H,1-6H3,(H,33,34);. The summed E-state index contributed by atoms with van der Waals surface area (Å²) in [6, 6.07) is 18.2. The minimum atomic E-state index is -1.14. The second-order valence-electron chi connectivity index (χ2n) is 10.7. The van der Waals surface area contributed by atoms with E-state index in [1.165, 1.54) is 6.07 Å². The van der Waals surface area contributed by atoms with Crippen LogP contribution >= 0.6 is 0 Å². The number of carbonyl (C=O) groups is 1. The van der Waals surface area contributed by atoms with E-state index in [9.17, 15) is 15.0 Å². The number of aromatic nitrogens is 2. The predicted octanol–water partition coefficient (Wildman–Crippen LogP) is 7.09. The van der Waals surface area contributed by atoms with Crippen molar-refractivity contribution in [1.82, 2.24) is 9.97 Å². The molecule has 2 N–H and O–H groups in total. The summed E-state index contributed by atoms with van der Waals surface area (Å²) in [5.41, 5.74) is 2.58. The van der Waals surface area contributed by atoms with Crippen LogP contribution in [0.1, 0.15) is 63.2 Å². The molecule has 0 bridgehead atoms. The zero-order chi connectivity index (χ0) is 25.5. The van der Waals surface area contributed by atoms with Crippen molar-refractivity contribution in [3.05, 3.63) is 77.5 Å². The van der Waals surface area contributed by atoms with Crippen LogP contribution < -0.4 is 4.74 Å². The molecule has 2 aromatic heterocycles. The van der Waals surface area contributed by atoms with Crippen molar-refractivity contribution in [3.8, 4) is 28.8 Å². The number of aromatic carboxylic acids is 1. The van der Waals surface area contributed by atoms with Crippen LogP contribution in [0.2, 0.25) is 0 Å². The fourth-order valence-electron chi connectivity index (χ4n) is 3.95. The van der Waals surface area contributed by atoms with Gasteiger partial charge in [0.05, 0.1) is 5.69 Å². The molecule has 0 amide bonds. The first-order valence-electron chi connectivity index (χ1n) is 11.5. The Morgan fingerprint density at radius 2 is 1.53 bits per heavy atom. The van der Waals surface area contributed by atoms with Gasteiger partial charge in [-0.3, -0.25) is 0 Å². The molecule has 4 aromatic rings. The molecule has 2 aromatic carbocycles. The van der Waals surface area contributed by atoms with Crippen molar-refractivity contribution < 1.29 is 40.8 Å². The molecule has 0 atom stereocenters. The maximum atomic E-state index is 11.4. The molecule has 36 heavy (non-hydrogen) atoms. The second kappa shape index (κ2) is 10.0. The molecule has 0 saturated carbocycles. The molecule has 2 heterocycles. The summed E-state index contributed by atoms with van der Waals surface area (Å²) in [6.07, 6.45) is 0. The van der Waals surface area contributed by atoms with Gasteiger partial charge in [0.2, 0.25) is 11.8 Å². The summed E-state index contributed by atoms with van der Waals surface area (Å²) in [5, 5.41) is 22.5. The Kier molecular flexibility index (Phi) is 7.61. The zero-order valence-corrected chi connectivity index (χ0v) is 23.5. The number of phenols is 1. The van der Waals surface area contributed by atoms with Crippen molar-refractivity contribution in [2.24, 2.45) is 0 Å². The molecule has 0 aliphatic carbocycles. The number of pyridine rings is 2. The third kappa shape index (κ3) is 5.60. The van der Waals surface area contributed by atoms with E-state index in [2.05, 4.69) is 52.6 Å². The Morgan fingerprint density at radius 3 is 2.17 bits per heavy atom. The fraction of sp³-hybridized carbons (Fsp3) is 0.276. The Labute approximate surface area is 225 Å². The van der Waals surface area contributed by atoms with Crippen molar-refractivity contribution in [2.75, 3.05) is 0 Å². The first kappa shape index (κ1) is 27.3. The molecule has 0 unspecified atom stereocenters. The Hall–Kier alpha value is -3.24. The summed E-state index contributed by atoms with van der Waals surface area (Å²) >= 11 is 0. The van der Waals surface area contributed by atoms with Crippen molar-refractivity contribution in [1.29, 1.82) is 0 Å². The first-order chi connectivity index (χ1) is 16.3. The number of phenolic OH excluding ortho intramolecular Hbond substituents is 1. The molecular formula is C29H30N2O4Pt. The molecule has 0 spiro atoms. The van der Waals surface area contributed by atoms with Gasteiger partial charge < -0.3 is 14.9 Å². The van der Waals surface area contributed by atoms with Crippen LogP contribution in [0.3, 0.4) is 0 Å². The van der Waals surface area contributed by atoms with Gasteiger partial charge in [0.1, 0.15) is 5.75 Å². The van der Waals surface area contributed by atoms with E-state index in [1.54, 1.807) is 18.2 Å². The van der Waals surface area contributed by atoms with E-state index in [0.29, 0.717) is 11.3 Å². The largest absolute Gasteiger partial charge is 0.507 e. The maximum absolute atomic E-state index is 11.4. The fourth-order valence-corrected chi connectivity index (χ4v) is 3.95. The van der Waals surface area contributed by atoms with E-state index >= 15 is 0 Å². The summed E-state index contributed by atoms with van der Waals surface area (Å²) in [5.74, 6) is -0.569. The van der Waals surface area contributed by atoms with Crippen molar-refractivity contribution in [2.45, 2.75) is 52.4 Å². The summed E-state index contributed by atoms with van der Waals surface area (Å²) in [6.45, 7) is 12.6. The van der Waals surface area contributed by atoms with Crippen molar-refractivity contribution >= 4 is 16.7 Å². The van der Waals surface area contributed by atoms with Gasteiger partial charge >= 0.3 is 5.97 Å². The molecular weight excluding hydrogens is 635 g/mol. The molecule has 7 heteroatoms. The number of fused-ring (bicyclic) bond motifs is 1. The number of hydrogen-bond acceptors (Lipinski definition) is 5. The van der Waals surface area contributed by atoms with Gasteiger partial charge in [0.25, 0.3) is 0 Å². The number of hydrogen-bond donors (Lipinski definition) is 2. The SMILES string of the molecule is CC(C)(C)c1cc(-c2nc(Oc3cccc(C(=O)O)n3)cc3ccccc23)c(O)c(C(C)(C)C)c1.[Pt]. The molecule has 190 valence electrons. The van der Waals surface area contributed by atoms with Gasteiger partial charge in [-0.2, -0.15) is 0 Å². The van der Waals surface area contributed by atoms with E-state index in [4.69, 9.17) is 9.72 Å². The van der Waals surface area contributed by atoms with Crippen LogP contribution in [-0.2, 0) is 31.9 Å². The number of benzene rings is 2. The summed E-state index contributed by atoms with van der Waals surface area (Å²) in [7, 11) is 0. The van der Waals surface area contributed by atoms with Gasteiger partial charge in [-0.05, 0) is 33.9 Å². The summed E-state index contributed by atoms with van der Waals surface area (Å²) < 4.78 is 5.91. The third-order valence-electron chi connectivity index (χ3n) is 5.91. The van der Waals surface area contributed by atoms with E-state index in [0.717, 1.165) is 21.9 Å². The van der Waals surface area contributed by atoms with Crippen LogP contribution in [0, 0.1) is 0 Å².